The molecule has 0 saturated heterocycles. The molecule has 1 N–H and O–H groups in total. The van der Waals surface area contributed by atoms with E-state index in [4.69, 9.17) is 0 Å². The molecule has 0 spiro atoms. The molecule has 0 bridgehead atoms. The number of aromatic nitrogens is 2. The van der Waals surface area contributed by atoms with Crippen molar-refractivity contribution in [3.8, 4) is 11.3 Å². The highest BCUT2D eigenvalue weighted by Crippen LogP contribution is 2.28. The number of rotatable bonds is 1. The molecular formula is C11H7F3N2O. The van der Waals surface area contributed by atoms with Gasteiger partial charge in [-0.15, -0.1) is 0 Å². The summed E-state index contributed by atoms with van der Waals surface area (Å²) >= 11 is 0. The molecule has 0 radical (unpaired) electrons. The number of H-pyrrole nitrogens is 1. The van der Waals surface area contributed by atoms with Crippen LogP contribution in [0.25, 0.3) is 11.3 Å². The van der Waals surface area contributed by atoms with E-state index >= 15 is 0 Å². The maximum Gasteiger partial charge on any atom is 0.433 e. The fourth-order valence-electron chi connectivity index (χ4n) is 1.36. The van der Waals surface area contributed by atoms with Crippen molar-refractivity contribution in [2.45, 2.75) is 6.18 Å². The van der Waals surface area contributed by atoms with Crippen LogP contribution in [-0.4, -0.2) is 9.97 Å². The molecule has 0 fully saturated rings. The van der Waals surface area contributed by atoms with Crippen LogP contribution < -0.4 is 5.56 Å². The Bertz CT molecular complexity index is 590. The Morgan fingerprint density at radius 3 is 2.59 bits per heavy atom. The fraction of sp³-hybridized carbons (Fsp3) is 0.0909. The van der Waals surface area contributed by atoms with E-state index < -0.39 is 11.9 Å². The number of halogens is 3. The number of hydrogen-bond acceptors (Lipinski definition) is 2. The second-order valence-corrected chi connectivity index (χ2v) is 3.35. The molecule has 0 amide bonds. The minimum atomic E-state index is -4.49. The van der Waals surface area contributed by atoms with Crippen molar-refractivity contribution in [2.24, 2.45) is 0 Å². The van der Waals surface area contributed by atoms with Gasteiger partial charge in [0.25, 0.3) is 0 Å². The molecule has 6 heteroatoms. The Hall–Kier alpha value is -2.11. The van der Waals surface area contributed by atoms with E-state index in [1.54, 1.807) is 0 Å². The summed E-state index contributed by atoms with van der Waals surface area (Å²) in [6.07, 6.45) is -3.13. The summed E-state index contributed by atoms with van der Waals surface area (Å²) in [5, 5.41) is 0. The molecule has 0 aromatic carbocycles. The predicted molar refractivity (Wildman–Crippen MR) is 55.3 cm³/mol. The second-order valence-electron chi connectivity index (χ2n) is 3.35. The third-order valence-corrected chi connectivity index (χ3v) is 2.11. The van der Waals surface area contributed by atoms with Crippen LogP contribution in [0.2, 0.25) is 0 Å². The van der Waals surface area contributed by atoms with Crippen molar-refractivity contribution in [3.05, 3.63) is 52.6 Å². The smallest absolute Gasteiger partial charge is 0.329 e. The van der Waals surface area contributed by atoms with Gasteiger partial charge < -0.3 is 4.98 Å². The molecule has 0 aliphatic rings. The van der Waals surface area contributed by atoms with Gasteiger partial charge in [-0.3, -0.25) is 4.79 Å². The Kier molecular flexibility index (Phi) is 2.71. The summed E-state index contributed by atoms with van der Waals surface area (Å²) < 4.78 is 37.3. The first-order valence-corrected chi connectivity index (χ1v) is 4.70. The van der Waals surface area contributed by atoms with Gasteiger partial charge in [0.2, 0.25) is 5.56 Å². The van der Waals surface area contributed by atoms with Gasteiger partial charge >= 0.3 is 6.18 Å². The number of nitrogens with one attached hydrogen (secondary N) is 1. The minimum Gasteiger partial charge on any atom is -0.329 e. The number of alkyl halides is 3. The van der Waals surface area contributed by atoms with Gasteiger partial charge in [-0.05, 0) is 18.2 Å². The van der Waals surface area contributed by atoms with Crippen LogP contribution in [0.3, 0.4) is 0 Å². The van der Waals surface area contributed by atoms with Crippen LogP contribution in [0.1, 0.15) is 5.69 Å². The molecule has 0 aliphatic heterocycles. The summed E-state index contributed by atoms with van der Waals surface area (Å²) in [4.78, 5) is 16.9. The second kappa shape index (κ2) is 4.04. The lowest BCUT2D eigenvalue weighted by molar-refractivity contribution is -0.141. The molecular weight excluding hydrogens is 233 g/mol. The molecule has 2 heterocycles. The third kappa shape index (κ3) is 2.52. The van der Waals surface area contributed by atoms with Gasteiger partial charge in [0.05, 0.1) is 5.69 Å². The predicted octanol–water partition coefficient (Wildman–Crippen LogP) is 2.46. The first-order valence-electron chi connectivity index (χ1n) is 4.70. The van der Waals surface area contributed by atoms with Crippen molar-refractivity contribution in [3.63, 3.8) is 0 Å². The summed E-state index contributed by atoms with van der Waals surface area (Å²) in [7, 11) is 0. The monoisotopic (exact) mass is 240 g/mol. The number of aromatic amines is 1. The highest BCUT2D eigenvalue weighted by Gasteiger charge is 2.32. The van der Waals surface area contributed by atoms with Crippen molar-refractivity contribution in [1.29, 1.82) is 0 Å². The zero-order chi connectivity index (χ0) is 12.5. The van der Waals surface area contributed by atoms with E-state index in [-0.39, 0.29) is 11.3 Å². The molecule has 3 nitrogen and oxygen atoms in total. The summed E-state index contributed by atoms with van der Waals surface area (Å²) in [5.74, 6) is 0. The molecule has 2 aromatic heterocycles. The van der Waals surface area contributed by atoms with Crippen LogP contribution in [0.5, 0.6) is 0 Å². The zero-order valence-corrected chi connectivity index (χ0v) is 8.45. The van der Waals surface area contributed by atoms with Crippen molar-refractivity contribution in [2.75, 3.05) is 0 Å². The quantitative estimate of drug-likeness (QED) is 0.832. The molecule has 0 atom stereocenters. The van der Waals surface area contributed by atoms with Crippen LogP contribution in [0, 0.1) is 0 Å². The first kappa shape index (κ1) is 11.4. The molecule has 0 saturated carbocycles. The lowest BCUT2D eigenvalue weighted by atomic mass is 10.1. The SMILES string of the molecule is O=c1cc(-c2cccc(C(F)(F)F)n2)cc[nH]1. The highest BCUT2D eigenvalue weighted by molar-refractivity contribution is 5.58. The molecule has 2 aromatic rings. The zero-order valence-electron chi connectivity index (χ0n) is 8.45. The van der Waals surface area contributed by atoms with Gasteiger partial charge in [-0.1, -0.05) is 6.07 Å². The van der Waals surface area contributed by atoms with Gasteiger partial charge in [-0.25, -0.2) is 4.98 Å². The van der Waals surface area contributed by atoms with E-state index in [1.165, 1.54) is 30.5 Å². The van der Waals surface area contributed by atoms with Crippen molar-refractivity contribution >= 4 is 0 Å². The van der Waals surface area contributed by atoms with Crippen molar-refractivity contribution in [1.82, 2.24) is 9.97 Å². The average molecular weight is 240 g/mol. The average Bonchev–Trinajstić information content (AvgIpc) is 2.28. The Balaban J connectivity index is 2.51. The van der Waals surface area contributed by atoms with E-state index in [1.807, 2.05) is 0 Å². The maximum atomic E-state index is 12.4. The van der Waals surface area contributed by atoms with E-state index in [9.17, 15) is 18.0 Å². The maximum absolute atomic E-state index is 12.4. The van der Waals surface area contributed by atoms with Crippen LogP contribution in [-0.2, 0) is 6.18 Å². The Labute approximate surface area is 94.0 Å². The topological polar surface area (TPSA) is 45.8 Å². The van der Waals surface area contributed by atoms with E-state index in [0.717, 1.165) is 6.07 Å². The molecule has 2 rings (SSSR count). The third-order valence-electron chi connectivity index (χ3n) is 2.11. The molecule has 0 unspecified atom stereocenters. The van der Waals surface area contributed by atoms with E-state index in [0.29, 0.717) is 5.56 Å². The van der Waals surface area contributed by atoms with E-state index in [2.05, 4.69) is 9.97 Å². The van der Waals surface area contributed by atoms with Crippen LogP contribution >= 0.6 is 0 Å². The van der Waals surface area contributed by atoms with Gasteiger partial charge in [0.1, 0.15) is 5.69 Å². The first-order chi connectivity index (χ1) is 7.97. The fourth-order valence-corrected chi connectivity index (χ4v) is 1.36. The van der Waals surface area contributed by atoms with Crippen LogP contribution in [0.4, 0.5) is 13.2 Å². The van der Waals surface area contributed by atoms with Crippen molar-refractivity contribution < 1.29 is 13.2 Å². The Morgan fingerprint density at radius 2 is 1.94 bits per heavy atom. The Morgan fingerprint density at radius 1 is 1.18 bits per heavy atom. The number of pyridine rings is 2. The normalized spacial score (nSPS) is 11.5. The molecule has 0 aliphatic carbocycles. The minimum absolute atomic E-state index is 0.117. The molecule has 17 heavy (non-hydrogen) atoms. The summed E-state index contributed by atoms with van der Waals surface area (Å²) in [6.45, 7) is 0. The van der Waals surface area contributed by atoms with Gasteiger partial charge in [0.15, 0.2) is 0 Å². The van der Waals surface area contributed by atoms with Gasteiger partial charge in [0, 0.05) is 17.8 Å². The lowest BCUT2D eigenvalue weighted by Gasteiger charge is -2.07. The molecule has 88 valence electrons. The highest BCUT2D eigenvalue weighted by atomic mass is 19.4. The van der Waals surface area contributed by atoms with Crippen LogP contribution in [0.15, 0.2) is 41.3 Å². The largest absolute Gasteiger partial charge is 0.433 e. The lowest BCUT2D eigenvalue weighted by Crippen LogP contribution is -2.08. The standard InChI is InChI=1S/C11H7F3N2O/c12-11(13,14)9-3-1-2-8(16-9)7-4-5-15-10(17)6-7/h1-6H,(H,15,17). The summed E-state index contributed by atoms with van der Waals surface area (Å²) in [5.41, 5.74) is -0.900. The number of nitrogens with zero attached hydrogens (tertiary/aromatic N) is 1. The van der Waals surface area contributed by atoms with Gasteiger partial charge in [-0.2, -0.15) is 13.2 Å². The number of hydrogen-bond donors (Lipinski definition) is 1. The summed E-state index contributed by atoms with van der Waals surface area (Å²) in [6, 6.07) is 6.25.